The molecule has 8 heteroatoms. The zero-order valence-corrected chi connectivity index (χ0v) is 15.3. The number of unbranched alkanes of at least 4 members (excludes halogenated alkanes) is 2. The second-order valence-electron chi connectivity index (χ2n) is 5.45. The van der Waals surface area contributed by atoms with Crippen LogP contribution in [0.25, 0.3) is 0 Å². The third-order valence-electron chi connectivity index (χ3n) is 3.43. The molecule has 0 aliphatic carbocycles. The molecular weight excluding hydrogens is 340 g/mol. The lowest BCUT2D eigenvalue weighted by Crippen LogP contribution is -2.14. The summed E-state index contributed by atoms with van der Waals surface area (Å²) in [6, 6.07) is 9.51. The Morgan fingerprint density at radius 3 is 2.24 bits per heavy atom. The Labute approximate surface area is 148 Å². The molecule has 136 valence electrons. The molecule has 0 bridgehead atoms. The Hall–Kier alpha value is -2.35. The van der Waals surface area contributed by atoms with E-state index in [9.17, 15) is 8.42 Å². The van der Waals surface area contributed by atoms with Crippen molar-refractivity contribution in [3.63, 3.8) is 0 Å². The molecule has 0 saturated carbocycles. The van der Waals surface area contributed by atoms with Gasteiger partial charge in [0.25, 0.3) is 10.0 Å². The molecule has 0 aliphatic heterocycles. The van der Waals surface area contributed by atoms with Crippen molar-refractivity contribution in [2.45, 2.75) is 38.0 Å². The largest absolute Gasteiger partial charge is 0.494 e. The summed E-state index contributed by atoms with van der Waals surface area (Å²) >= 11 is 0. The summed E-state index contributed by atoms with van der Waals surface area (Å²) < 4.78 is 32.5. The summed E-state index contributed by atoms with van der Waals surface area (Å²) in [6.07, 6.45) is 3.37. The number of hydrogen-bond acceptors (Lipinski definition) is 6. The van der Waals surface area contributed by atoms with E-state index in [1.54, 1.807) is 24.3 Å². The molecule has 1 heterocycles. The van der Waals surface area contributed by atoms with Gasteiger partial charge in [0, 0.05) is 6.54 Å². The monoisotopic (exact) mass is 364 g/mol. The topological polar surface area (TPSA) is 93.2 Å². The van der Waals surface area contributed by atoms with Gasteiger partial charge in [-0.15, -0.1) is 10.2 Å². The molecule has 0 unspecified atom stereocenters. The van der Waals surface area contributed by atoms with Crippen molar-refractivity contribution in [2.24, 2.45) is 0 Å². The molecule has 7 nitrogen and oxygen atoms in total. The number of rotatable bonds is 10. The zero-order valence-electron chi connectivity index (χ0n) is 14.5. The molecule has 0 radical (unpaired) electrons. The standard InChI is InChI=1S/C17H24N4O3S/c1-3-5-6-13-18-16-11-12-17(20-19-16)21-25(22,23)15-9-7-14(8-10-15)24-4-2/h7-12H,3-6,13H2,1-2H3,(H,18,19)(H,20,21). The first kappa shape index (κ1) is 19.0. The number of nitrogens with one attached hydrogen (secondary N) is 2. The second kappa shape index (κ2) is 9.22. The van der Waals surface area contributed by atoms with Crippen molar-refractivity contribution in [2.75, 3.05) is 23.2 Å². The molecule has 0 spiro atoms. The summed E-state index contributed by atoms with van der Waals surface area (Å²) in [5.74, 6) is 1.42. The van der Waals surface area contributed by atoms with Crippen LogP contribution in [0.15, 0.2) is 41.3 Å². The van der Waals surface area contributed by atoms with Crippen molar-refractivity contribution in [1.82, 2.24) is 10.2 Å². The number of ether oxygens (including phenoxy) is 1. The summed E-state index contributed by atoms with van der Waals surface area (Å²) in [4.78, 5) is 0.138. The number of aromatic nitrogens is 2. The zero-order chi connectivity index (χ0) is 18.1. The Morgan fingerprint density at radius 1 is 0.960 bits per heavy atom. The van der Waals surface area contributed by atoms with E-state index in [0.29, 0.717) is 18.2 Å². The van der Waals surface area contributed by atoms with Gasteiger partial charge in [-0.3, -0.25) is 4.72 Å². The average molecular weight is 364 g/mol. The fourth-order valence-electron chi connectivity index (χ4n) is 2.15. The third-order valence-corrected chi connectivity index (χ3v) is 4.81. The lowest BCUT2D eigenvalue weighted by Gasteiger charge is -2.09. The van der Waals surface area contributed by atoms with E-state index < -0.39 is 10.0 Å². The van der Waals surface area contributed by atoms with Gasteiger partial charge in [-0.25, -0.2) is 8.42 Å². The van der Waals surface area contributed by atoms with Gasteiger partial charge in [-0.05, 0) is 49.7 Å². The average Bonchev–Trinajstić information content (AvgIpc) is 2.61. The van der Waals surface area contributed by atoms with Gasteiger partial charge in [0.05, 0.1) is 11.5 Å². The van der Waals surface area contributed by atoms with Crippen molar-refractivity contribution >= 4 is 21.7 Å². The molecule has 0 fully saturated rings. The van der Waals surface area contributed by atoms with Crippen molar-refractivity contribution in [3.8, 4) is 5.75 Å². The first-order valence-corrected chi connectivity index (χ1v) is 9.86. The number of hydrogen-bond donors (Lipinski definition) is 2. The van der Waals surface area contributed by atoms with E-state index >= 15 is 0 Å². The van der Waals surface area contributed by atoms with Crippen LogP contribution < -0.4 is 14.8 Å². The summed E-state index contributed by atoms with van der Waals surface area (Å²) in [6.45, 7) is 5.36. The first-order valence-electron chi connectivity index (χ1n) is 8.38. The number of anilines is 2. The molecular formula is C17H24N4O3S. The lowest BCUT2D eigenvalue weighted by molar-refractivity contribution is 0.340. The number of sulfonamides is 1. The molecule has 1 aromatic heterocycles. The smallest absolute Gasteiger partial charge is 0.263 e. The minimum absolute atomic E-state index is 0.138. The number of benzene rings is 1. The van der Waals surface area contributed by atoms with Gasteiger partial charge in [0.2, 0.25) is 0 Å². The summed E-state index contributed by atoms with van der Waals surface area (Å²) in [7, 11) is -3.71. The molecule has 0 amide bonds. The van der Waals surface area contributed by atoms with E-state index in [4.69, 9.17) is 4.74 Å². The minimum Gasteiger partial charge on any atom is -0.494 e. The van der Waals surface area contributed by atoms with Crippen LogP contribution >= 0.6 is 0 Å². The highest BCUT2D eigenvalue weighted by Gasteiger charge is 2.15. The van der Waals surface area contributed by atoms with Gasteiger partial charge in [-0.1, -0.05) is 19.8 Å². The fourth-order valence-corrected chi connectivity index (χ4v) is 3.15. The maximum Gasteiger partial charge on any atom is 0.263 e. The van der Waals surface area contributed by atoms with Crippen LogP contribution in [0.4, 0.5) is 11.6 Å². The van der Waals surface area contributed by atoms with E-state index in [-0.39, 0.29) is 10.7 Å². The Morgan fingerprint density at radius 2 is 1.64 bits per heavy atom. The quantitative estimate of drug-likeness (QED) is 0.629. The predicted molar refractivity (Wildman–Crippen MR) is 98.5 cm³/mol. The normalized spacial score (nSPS) is 11.1. The first-order chi connectivity index (χ1) is 12.0. The van der Waals surface area contributed by atoms with Crippen LogP contribution in [-0.4, -0.2) is 31.8 Å². The maximum atomic E-state index is 12.4. The van der Waals surface area contributed by atoms with E-state index in [0.717, 1.165) is 25.8 Å². The summed E-state index contributed by atoms with van der Waals surface area (Å²) in [5, 5.41) is 11.0. The van der Waals surface area contributed by atoms with Crippen LogP contribution in [0.1, 0.15) is 33.1 Å². The van der Waals surface area contributed by atoms with Gasteiger partial charge in [0.15, 0.2) is 5.82 Å². The van der Waals surface area contributed by atoms with E-state index in [1.807, 2.05) is 6.92 Å². The second-order valence-corrected chi connectivity index (χ2v) is 7.13. The van der Waals surface area contributed by atoms with Gasteiger partial charge in [0.1, 0.15) is 11.6 Å². The lowest BCUT2D eigenvalue weighted by atomic mass is 10.2. The highest BCUT2D eigenvalue weighted by molar-refractivity contribution is 7.92. The molecule has 0 atom stereocenters. The van der Waals surface area contributed by atoms with Gasteiger partial charge >= 0.3 is 0 Å². The van der Waals surface area contributed by atoms with Crippen LogP contribution in [0.5, 0.6) is 5.75 Å². The molecule has 0 saturated heterocycles. The Balaban J connectivity index is 1.97. The Kier molecular flexibility index (Phi) is 7.00. The highest BCUT2D eigenvalue weighted by Crippen LogP contribution is 2.18. The highest BCUT2D eigenvalue weighted by atomic mass is 32.2. The maximum absolute atomic E-state index is 12.4. The predicted octanol–water partition coefficient (Wildman–Crippen LogP) is 3.28. The Bertz CT molecular complexity index is 746. The van der Waals surface area contributed by atoms with Crippen LogP contribution in [-0.2, 0) is 10.0 Å². The van der Waals surface area contributed by atoms with E-state index in [2.05, 4.69) is 27.2 Å². The van der Waals surface area contributed by atoms with Crippen molar-refractivity contribution < 1.29 is 13.2 Å². The molecule has 2 aromatic rings. The van der Waals surface area contributed by atoms with E-state index in [1.165, 1.54) is 12.1 Å². The molecule has 25 heavy (non-hydrogen) atoms. The van der Waals surface area contributed by atoms with Crippen LogP contribution in [0.3, 0.4) is 0 Å². The van der Waals surface area contributed by atoms with Gasteiger partial charge in [-0.2, -0.15) is 0 Å². The van der Waals surface area contributed by atoms with Crippen LogP contribution in [0, 0.1) is 0 Å². The summed E-state index contributed by atoms with van der Waals surface area (Å²) in [5.41, 5.74) is 0. The number of nitrogens with zero attached hydrogens (tertiary/aromatic N) is 2. The third kappa shape index (κ3) is 5.90. The van der Waals surface area contributed by atoms with Crippen molar-refractivity contribution in [3.05, 3.63) is 36.4 Å². The SMILES string of the molecule is CCCCCNc1ccc(NS(=O)(=O)c2ccc(OCC)cc2)nn1. The molecule has 2 N–H and O–H groups in total. The molecule has 2 rings (SSSR count). The minimum atomic E-state index is -3.71. The fraction of sp³-hybridized carbons (Fsp3) is 0.412. The van der Waals surface area contributed by atoms with Crippen molar-refractivity contribution in [1.29, 1.82) is 0 Å². The molecule has 1 aromatic carbocycles. The van der Waals surface area contributed by atoms with Crippen LogP contribution in [0.2, 0.25) is 0 Å². The van der Waals surface area contributed by atoms with Gasteiger partial charge < -0.3 is 10.1 Å². The molecule has 0 aliphatic rings.